The fraction of sp³-hybridized carbons (Fsp3) is 0.647. The summed E-state index contributed by atoms with van der Waals surface area (Å²) in [5.74, 6) is 0. The third kappa shape index (κ3) is 2.70. The summed E-state index contributed by atoms with van der Waals surface area (Å²) >= 11 is 0. The Bertz CT molecular complexity index is 433. The van der Waals surface area contributed by atoms with Crippen LogP contribution in [-0.4, -0.2) is 29.6 Å². The maximum atomic E-state index is 11.0. The zero-order chi connectivity index (χ0) is 14.0. The molecule has 2 rings (SSSR count). The van der Waals surface area contributed by atoms with Crippen LogP contribution in [0.15, 0.2) is 18.2 Å². The predicted molar refractivity (Wildman–Crippen MR) is 80.4 cm³/mol. The highest BCUT2D eigenvalue weighted by molar-refractivity contribution is 5.34. The summed E-state index contributed by atoms with van der Waals surface area (Å²) < 4.78 is 0. The molecule has 1 N–H and O–H groups in total. The van der Waals surface area contributed by atoms with Gasteiger partial charge < -0.3 is 10.0 Å². The highest BCUT2D eigenvalue weighted by Gasteiger charge is 2.42. The zero-order valence-corrected chi connectivity index (χ0v) is 12.7. The van der Waals surface area contributed by atoms with Crippen molar-refractivity contribution < 1.29 is 5.11 Å². The SMILES string of the molecule is Cc1ccc(C(O)C2(N(C)C)CCCCC2)c(C)c1. The number of aliphatic hydroxyl groups is 1. The van der Waals surface area contributed by atoms with Gasteiger partial charge >= 0.3 is 0 Å². The van der Waals surface area contributed by atoms with E-state index in [1.165, 1.54) is 30.4 Å². The lowest BCUT2D eigenvalue weighted by molar-refractivity contribution is -0.0339. The van der Waals surface area contributed by atoms with Gasteiger partial charge in [-0.3, -0.25) is 0 Å². The summed E-state index contributed by atoms with van der Waals surface area (Å²) in [5, 5.41) is 11.0. The minimum Gasteiger partial charge on any atom is -0.386 e. The predicted octanol–water partition coefficient (Wildman–Crippen LogP) is 3.60. The van der Waals surface area contributed by atoms with Gasteiger partial charge in [0.15, 0.2) is 0 Å². The van der Waals surface area contributed by atoms with E-state index in [4.69, 9.17) is 0 Å². The Morgan fingerprint density at radius 3 is 2.26 bits per heavy atom. The van der Waals surface area contributed by atoms with Crippen LogP contribution in [0.25, 0.3) is 0 Å². The number of hydrogen-bond acceptors (Lipinski definition) is 2. The van der Waals surface area contributed by atoms with Crippen molar-refractivity contribution in [3.05, 3.63) is 34.9 Å². The van der Waals surface area contributed by atoms with Crippen LogP contribution in [0.3, 0.4) is 0 Å². The van der Waals surface area contributed by atoms with E-state index < -0.39 is 0 Å². The standard InChI is InChI=1S/C17H27NO/c1-13-8-9-15(14(2)12-13)16(19)17(18(3)4)10-6-5-7-11-17/h8-9,12,16,19H,5-7,10-11H2,1-4H3. The summed E-state index contributed by atoms with van der Waals surface area (Å²) in [6.45, 7) is 4.21. The fourth-order valence-corrected chi connectivity index (χ4v) is 3.55. The zero-order valence-electron chi connectivity index (χ0n) is 12.7. The second-order valence-electron chi connectivity index (χ2n) is 6.32. The third-order valence-corrected chi connectivity index (χ3v) is 4.84. The molecule has 1 aromatic rings. The first-order valence-corrected chi connectivity index (χ1v) is 7.40. The number of aliphatic hydroxyl groups excluding tert-OH is 1. The van der Waals surface area contributed by atoms with Crippen molar-refractivity contribution in [2.24, 2.45) is 0 Å². The van der Waals surface area contributed by atoms with Crippen molar-refractivity contribution >= 4 is 0 Å². The van der Waals surface area contributed by atoms with Gasteiger partial charge in [-0.25, -0.2) is 0 Å². The number of likely N-dealkylation sites (N-methyl/N-ethyl adjacent to an activating group) is 1. The molecule has 0 aromatic heterocycles. The molecule has 0 saturated heterocycles. The van der Waals surface area contributed by atoms with Gasteiger partial charge in [0.25, 0.3) is 0 Å². The molecule has 1 fully saturated rings. The molecule has 2 heteroatoms. The van der Waals surface area contributed by atoms with Crippen LogP contribution >= 0.6 is 0 Å². The maximum Gasteiger partial charge on any atom is 0.0975 e. The average molecular weight is 261 g/mol. The first-order valence-electron chi connectivity index (χ1n) is 7.40. The smallest absolute Gasteiger partial charge is 0.0975 e. The van der Waals surface area contributed by atoms with Crippen LogP contribution in [-0.2, 0) is 0 Å². The van der Waals surface area contributed by atoms with Crippen molar-refractivity contribution in [2.75, 3.05) is 14.1 Å². The van der Waals surface area contributed by atoms with E-state index in [1.54, 1.807) is 0 Å². The Morgan fingerprint density at radius 2 is 1.74 bits per heavy atom. The fourth-order valence-electron chi connectivity index (χ4n) is 3.55. The van der Waals surface area contributed by atoms with E-state index in [-0.39, 0.29) is 11.6 Å². The number of benzene rings is 1. The molecule has 1 aliphatic carbocycles. The van der Waals surface area contributed by atoms with Crippen LogP contribution < -0.4 is 0 Å². The summed E-state index contributed by atoms with van der Waals surface area (Å²) in [4.78, 5) is 2.25. The Morgan fingerprint density at radius 1 is 1.11 bits per heavy atom. The topological polar surface area (TPSA) is 23.5 Å². The Hall–Kier alpha value is -0.860. The minimum atomic E-state index is -0.386. The number of nitrogens with zero attached hydrogens (tertiary/aromatic N) is 1. The van der Waals surface area contributed by atoms with E-state index in [9.17, 15) is 5.11 Å². The number of aryl methyl sites for hydroxylation is 2. The van der Waals surface area contributed by atoms with E-state index in [2.05, 4.69) is 51.0 Å². The molecule has 0 heterocycles. The number of rotatable bonds is 3. The van der Waals surface area contributed by atoms with Gasteiger partial charge in [-0.15, -0.1) is 0 Å². The molecule has 1 aliphatic rings. The van der Waals surface area contributed by atoms with Gasteiger partial charge in [0.1, 0.15) is 0 Å². The van der Waals surface area contributed by atoms with Crippen molar-refractivity contribution in [3.63, 3.8) is 0 Å². The lowest BCUT2D eigenvalue weighted by Gasteiger charge is -2.46. The molecule has 0 spiro atoms. The molecule has 0 amide bonds. The molecule has 1 aromatic carbocycles. The van der Waals surface area contributed by atoms with Crippen molar-refractivity contribution in [3.8, 4) is 0 Å². The Kier molecular flexibility index (Phi) is 4.32. The van der Waals surface area contributed by atoms with Crippen LogP contribution in [0, 0.1) is 13.8 Å². The molecule has 19 heavy (non-hydrogen) atoms. The lowest BCUT2D eigenvalue weighted by atomic mass is 9.74. The molecule has 2 nitrogen and oxygen atoms in total. The van der Waals surface area contributed by atoms with Gasteiger partial charge in [-0.05, 0) is 51.9 Å². The van der Waals surface area contributed by atoms with Crippen molar-refractivity contribution in [1.82, 2.24) is 4.90 Å². The summed E-state index contributed by atoms with van der Waals surface area (Å²) in [6.07, 6.45) is 5.54. The average Bonchev–Trinajstić information content (AvgIpc) is 2.38. The molecule has 0 radical (unpaired) electrons. The highest BCUT2D eigenvalue weighted by Crippen LogP contribution is 2.42. The normalized spacial score (nSPS) is 20.5. The molecule has 106 valence electrons. The quantitative estimate of drug-likeness (QED) is 0.898. The van der Waals surface area contributed by atoms with Crippen LogP contribution in [0.4, 0.5) is 0 Å². The van der Waals surface area contributed by atoms with Gasteiger partial charge in [0.05, 0.1) is 11.6 Å². The number of hydrogen-bond donors (Lipinski definition) is 1. The van der Waals surface area contributed by atoms with Gasteiger partial charge in [-0.2, -0.15) is 0 Å². The Balaban J connectivity index is 2.36. The van der Waals surface area contributed by atoms with E-state index in [1.807, 2.05) is 0 Å². The summed E-state index contributed by atoms with van der Waals surface area (Å²) in [5.41, 5.74) is 3.48. The van der Waals surface area contributed by atoms with Crippen LogP contribution in [0.2, 0.25) is 0 Å². The van der Waals surface area contributed by atoms with Crippen molar-refractivity contribution in [1.29, 1.82) is 0 Å². The second kappa shape index (κ2) is 5.64. The second-order valence-corrected chi connectivity index (χ2v) is 6.32. The summed E-state index contributed by atoms with van der Waals surface area (Å²) in [7, 11) is 4.22. The molecule has 0 bridgehead atoms. The van der Waals surface area contributed by atoms with Gasteiger partial charge in [0.2, 0.25) is 0 Å². The molecule has 1 unspecified atom stereocenters. The molecular weight excluding hydrogens is 234 g/mol. The largest absolute Gasteiger partial charge is 0.386 e. The maximum absolute atomic E-state index is 11.0. The van der Waals surface area contributed by atoms with E-state index >= 15 is 0 Å². The van der Waals surface area contributed by atoms with Crippen molar-refractivity contribution in [2.45, 2.75) is 57.6 Å². The van der Waals surface area contributed by atoms with E-state index in [0.717, 1.165) is 18.4 Å². The van der Waals surface area contributed by atoms with Crippen LogP contribution in [0.1, 0.15) is 54.9 Å². The first-order chi connectivity index (χ1) is 8.97. The minimum absolute atomic E-state index is 0.0851. The molecule has 1 atom stereocenters. The van der Waals surface area contributed by atoms with Gasteiger partial charge in [-0.1, -0.05) is 43.0 Å². The monoisotopic (exact) mass is 261 g/mol. The summed E-state index contributed by atoms with van der Waals surface area (Å²) in [6, 6.07) is 6.39. The molecular formula is C17H27NO. The van der Waals surface area contributed by atoms with Gasteiger partial charge in [0, 0.05) is 0 Å². The van der Waals surface area contributed by atoms with E-state index in [0.29, 0.717) is 0 Å². The first kappa shape index (κ1) is 14.5. The third-order valence-electron chi connectivity index (χ3n) is 4.84. The van der Waals surface area contributed by atoms with Crippen LogP contribution in [0.5, 0.6) is 0 Å². The molecule has 0 aliphatic heterocycles. The Labute approximate surface area is 117 Å². The highest BCUT2D eigenvalue weighted by atomic mass is 16.3. The molecule has 1 saturated carbocycles. The lowest BCUT2D eigenvalue weighted by Crippen LogP contribution is -2.50.